The van der Waals surface area contributed by atoms with E-state index in [0.717, 1.165) is 12.8 Å². The molecule has 0 spiro atoms. The first kappa shape index (κ1) is 26.7. The van der Waals surface area contributed by atoms with Gasteiger partial charge in [0, 0.05) is 27.1 Å². The van der Waals surface area contributed by atoms with E-state index >= 15 is 0 Å². The zero-order valence-electron chi connectivity index (χ0n) is 21.4. The topological polar surface area (TPSA) is 18.5 Å². The minimum absolute atomic E-state index is 0.0878. The van der Waals surface area contributed by atoms with E-state index in [-0.39, 0.29) is 18.1 Å². The zero-order valence-corrected chi connectivity index (χ0v) is 23.2. The molecule has 0 fully saturated rings. The van der Waals surface area contributed by atoms with Gasteiger partial charge in [-0.2, -0.15) is 0 Å². The van der Waals surface area contributed by atoms with Crippen LogP contribution in [0.5, 0.6) is 0 Å². The van der Waals surface area contributed by atoms with Crippen LogP contribution in [0.3, 0.4) is 0 Å². The maximum atomic E-state index is 7.00. The van der Waals surface area contributed by atoms with Crippen LogP contribution >= 0.6 is 16.3 Å². The largest absolute Gasteiger partial charge is 0.346 e. The molecule has 4 aromatic carbocycles. The normalized spacial score (nSPS) is 14.0. The maximum Gasteiger partial charge on any atom is 0.0921 e. The summed E-state index contributed by atoms with van der Waals surface area (Å²) in [5, 5.41) is 4.98. The Morgan fingerprint density at radius 3 is 0.944 bits per heavy atom. The van der Waals surface area contributed by atoms with Crippen LogP contribution in [0.2, 0.25) is 0 Å². The van der Waals surface area contributed by atoms with Crippen molar-refractivity contribution in [2.24, 2.45) is 5.92 Å². The lowest BCUT2D eigenvalue weighted by molar-refractivity contribution is 0.0631. The lowest BCUT2D eigenvalue weighted by Crippen LogP contribution is -2.34. The summed E-state index contributed by atoms with van der Waals surface area (Å²) in [7, 11) is -1.83. The summed E-state index contributed by atoms with van der Waals surface area (Å²) in [5.74, 6) is 0.245. The minimum atomic E-state index is -0.917. The second-order valence-corrected chi connectivity index (χ2v) is 12.6. The standard InChI is InChI=1S/C32H36O2P2/c1-4-31(33-35(27-18-10-6-11-19-27)28-20-12-7-13-21-28)26(3)32(5-2)34-36(29-22-14-8-15-23-29)30-24-16-9-17-25-30/h6-26,31-32H,4-5H2,1-3H3. The van der Waals surface area contributed by atoms with E-state index in [1.165, 1.54) is 21.2 Å². The molecule has 0 aliphatic rings. The number of benzene rings is 4. The van der Waals surface area contributed by atoms with E-state index < -0.39 is 16.3 Å². The van der Waals surface area contributed by atoms with Crippen LogP contribution in [0, 0.1) is 5.92 Å². The molecule has 0 saturated heterocycles. The van der Waals surface area contributed by atoms with Crippen molar-refractivity contribution in [2.75, 3.05) is 0 Å². The maximum absolute atomic E-state index is 7.00. The number of hydrogen-bond acceptors (Lipinski definition) is 2. The molecule has 0 N–H and O–H groups in total. The third-order valence-electron chi connectivity index (χ3n) is 6.42. The van der Waals surface area contributed by atoms with Crippen LogP contribution in [-0.4, -0.2) is 12.2 Å². The van der Waals surface area contributed by atoms with Gasteiger partial charge >= 0.3 is 0 Å². The van der Waals surface area contributed by atoms with Gasteiger partial charge in [-0.3, -0.25) is 0 Å². The van der Waals surface area contributed by atoms with Gasteiger partial charge in [-0.15, -0.1) is 0 Å². The highest BCUT2D eigenvalue weighted by Crippen LogP contribution is 2.43. The minimum Gasteiger partial charge on any atom is -0.346 e. The van der Waals surface area contributed by atoms with Gasteiger partial charge in [-0.1, -0.05) is 142 Å². The van der Waals surface area contributed by atoms with Crippen LogP contribution in [0.15, 0.2) is 121 Å². The fourth-order valence-corrected chi connectivity index (χ4v) is 8.47. The van der Waals surface area contributed by atoms with Gasteiger partial charge in [0.1, 0.15) is 0 Å². The summed E-state index contributed by atoms with van der Waals surface area (Å²) in [6, 6.07) is 42.6. The first-order chi connectivity index (χ1) is 17.7. The highest BCUT2D eigenvalue weighted by molar-refractivity contribution is 7.68. The summed E-state index contributed by atoms with van der Waals surface area (Å²) in [6.45, 7) is 6.76. The molecule has 4 aromatic rings. The summed E-state index contributed by atoms with van der Waals surface area (Å²) in [4.78, 5) is 0. The monoisotopic (exact) mass is 514 g/mol. The Bertz CT molecular complexity index is 968. The summed E-state index contributed by atoms with van der Waals surface area (Å²) < 4.78 is 14.0. The molecule has 0 saturated carbocycles. The third kappa shape index (κ3) is 6.90. The van der Waals surface area contributed by atoms with Gasteiger partial charge in [0.05, 0.1) is 28.5 Å². The molecule has 2 atom stereocenters. The van der Waals surface area contributed by atoms with Crippen molar-refractivity contribution in [2.45, 2.75) is 45.8 Å². The van der Waals surface area contributed by atoms with Crippen LogP contribution in [0.25, 0.3) is 0 Å². The number of rotatable bonds is 12. The van der Waals surface area contributed by atoms with E-state index in [1.807, 2.05) is 0 Å². The Hall–Kier alpha value is -2.34. The van der Waals surface area contributed by atoms with E-state index in [1.54, 1.807) is 0 Å². The van der Waals surface area contributed by atoms with Crippen molar-refractivity contribution in [1.29, 1.82) is 0 Å². The first-order valence-electron chi connectivity index (χ1n) is 12.8. The molecule has 0 radical (unpaired) electrons. The second-order valence-electron chi connectivity index (χ2n) is 8.89. The predicted octanol–water partition coefficient (Wildman–Crippen LogP) is 7.31. The zero-order chi connectivity index (χ0) is 25.2. The molecule has 36 heavy (non-hydrogen) atoms. The molecule has 4 rings (SSSR count). The molecule has 0 heterocycles. The van der Waals surface area contributed by atoms with Crippen molar-refractivity contribution in [1.82, 2.24) is 0 Å². The van der Waals surface area contributed by atoms with Gasteiger partial charge < -0.3 is 9.05 Å². The first-order valence-corrected chi connectivity index (χ1v) is 15.4. The van der Waals surface area contributed by atoms with Crippen LogP contribution < -0.4 is 21.2 Å². The van der Waals surface area contributed by atoms with Crippen molar-refractivity contribution in [3.8, 4) is 0 Å². The van der Waals surface area contributed by atoms with Crippen molar-refractivity contribution in [3.63, 3.8) is 0 Å². The lowest BCUT2D eigenvalue weighted by Gasteiger charge is -2.35. The highest BCUT2D eigenvalue weighted by Gasteiger charge is 2.31. The predicted molar refractivity (Wildman–Crippen MR) is 158 cm³/mol. The van der Waals surface area contributed by atoms with Crippen molar-refractivity contribution >= 4 is 37.5 Å². The molecule has 0 aromatic heterocycles. The van der Waals surface area contributed by atoms with Gasteiger partial charge in [0.2, 0.25) is 0 Å². The van der Waals surface area contributed by atoms with Gasteiger partial charge in [0.15, 0.2) is 0 Å². The van der Waals surface area contributed by atoms with Crippen molar-refractivity contribution < 1.29 is 9.05 Å². The second kappa shape index (κ2) is 13.8. The van der Waals surface area contributed by atoms with E-state index in [2.05, 4.69) is 142 Å². The van der Waals surface area contributed by atoms with E-state index in [4.69, 9.17) is 9.05 Å². The summed E-state index contributed by atoms with van der Waals surface area (Å²) in [5.41, 5.74) is 0. The van der Waals surface area contributed by atoms with Crippen LogP contribution in [0.4, 0.5) is 0 Å². The lowest BCUT2D eigenvalue weighted by atomic mass is 9.95. The Labute approximate surface area is 219 Å². The van der Waals surface area contributed by atoms with Gasteiger partial charge in [0.25, 0.3) is 0 Å². The van der Waals surface area contributed by atoms with Gasteiger partial charge in [-0.05, 0) is 12.8 Å². The molecule has 0 bridgehead atoms. The fraction of sp³-hybridized carbons (Fsp3) is 0.250. The Balaban J connectivity index is 1.59. The smallest absolute Gasteiger partial charge is 0.0921 e. The SMILES string of the molecule is CCC(OP(c1ccccc1)c1ccccc1)C(C)C(CC)OP(c1ccccc1)c1ccccc1. The van der Waals surface area contributed by atoms with E-state index in [9.17, 15) is 0 Å². The summed E-state index contributed by atoms with van der Waals surface area (Å²) in [6.07, 6.45) is 2.05. The quantitative estimate of drug-likeness (QED) is 0.185. The molecule has 4 heteroatoms. The summed E-state index contributed by atoms with van der Waals surface area (Å²) >= 11 is 0. The van der Waals surface area contributed by atoms with Crippen LogP contribution in [-0.2, 0) is 9.05 Å². The molecule has 0 amide bonds. The van der Waals surface area contributed by atoms with Crippen LogP contribution in [0.1, 0.15) is 33.6 Å². The molecular formula is C32H36O2P2. The number of hydrogen-bond donors (Lipinski definition) is 0. The molecule has 186 valence electrons. The molecule has 2 nitrogen and oxygen atoms in total. The molecule has 0 aliphatic heterocycles. The Morgan fingerprint density at radius 2 is 0.722 bits per heavy atom. The average Bonchev–Trinajstić information content (AvgIpc) is 2.96. The van der Waals surface area contributed by atoms with Gasteiger partial charge in [-0.25, -0.2) is 0 Å². The Kier molecular flexibility index (Phi) is 10.3. The van der Waals surface area contributed by atoms with E-state index in [0.29, 0.717) is 0 Å². The van der Waals surface area contributed by atoms with Crippen molar-refractivity contribution in [3.05, 3.63) is 121 Å². The fourth-order valence-electron chi connectivity index (χ4n) is 4.39. The highest BCUT2D eigenvalue weighted by atomic mass is 31.1. The molecule has 2 unspecified atom stereocenters. The molecule has 0 aliphatic carbocycles. The average molecular weight is 515 g/mol. The third-order valence-corrected chi connectivity index (χ3v) is 10.5. The molecular weight excluding hydrogens is 478 g/mol. The Morgan fingerprint density at radius 1 is 0.472 bits per heavy atom.